The molecule has 0 aliphatic carbocycles. The van der Waals surface area contributed by atoms with E-state index in [0.717, 1.165) is 23.2 Å². The maximum absolute atomic E-state index is 10.2. The van der Waals surface area contributed by atoms with E-state index in [1.54, 1.807) is 7.11 Å². The predicted molar refractivity (Wildman–Crippen MR) is 68.3 cm³/mol. The van der Waals surface area contributed by atoms with Crippen molar-refractivity contribution in [2.75, 3.05) is 7.11 Å². The third-order valence-corrected chi connectivity index (χ3v) is 2.48. The van der Waals surface area contributed by atoms with E-state index in [1.807, 2.05) is 47.3 Å². The summed E-state index contributed by atoms with van der Waals surface area (Å²) in [5.74, 6) is 0.791. The number of hydrogen-bond acceptors (Lipinski definition) is 3. The number of hydrogen-bond donors (Lipinski definition) is 0. The predicted octanol–water partition coefficient (Wildman–Crippen LogP) is 2.73. The van der Waals surface area contributed by atoms with E-state index in [2.05, 4.69) is 0 Å². The maximum atomic E-state index is 10.2. The lowest BCUT2D eigenvalue weighted by Crippen LogP contribution is -1.89. The maximum Gasteiger partial charge on any atom is 0.235 e. The summed E-state index contributed by atoms with van der Waals surface area (Å²) in [5, 5.41) is 10.2. The lowest BCUT2D eigenvalue weighted by Gasteiger charge is -2.04. The van der Waals surface area contributed by atoms with Gasteiger partial charge in [-0.3, -0.25) is 10.1 Å². The van der Waals surface area contributed by atoms with Crippen LogP contribution in [0.3, 0.4) is 0 Å². The van der Waals surface area contributed by atoms with E-state index in [1.165, 1.54) is 6.08 Å². The van der Waals surface area contributed by atoms with Crippen LogP contribution in [0.1, 0.15) is 5.56 Å². The summed E-state index contributed by atoms with van der Waals surface area (Å²) in [4.78, 5) is 9.74. The minimum absolute atomic E-state index is 0.481. The van der Waals surface area contributed by atoms with Crippen molar-refractivity contribution in [1.29, 1.82) is 0 Å². The van der Waals surface area contributed by atoms with Gasteiger partial charge in [-0.15, -0.1) is 0 Å². The summed E-state index contributed by atoms with van der Waals surface area (Å²) in [6, 6.07) is 9.37. The van der Waals surface area contributed by atoms with E-state index < -0.39 is 4.92 Å². The summed E-state index contributed by atoms with van der Waals surface area (Å²) in [5.41, 5.74) is 1.75. The molecule has 92 valence electrons. The third-order valence-electron chi connectivity index (χ3n) is 2.48. The zero-order valence-corrected chi connectivity index (χ0v) is 9.82. The van der Waals surface area contributed by atoms with Crippen molar-refractivity contribution >= 4 is 6.08 Å². The molecule has 0 bridgehead atoms. The van der Waals surface area contributed by atoms with E-state index in [0.29, 0.717) is 0 Å². The number of nitrogens with zero attached hydrogens (tertiary/aromatic N) is 2. The molecule has 1 aromatic heterocycles. The zero-order valence-electron chi connectivity index (χ0n) is 9.82. The molecule has 5 nitrogen and oxygen atoms in total. The first-order valence-electron chi connectivity index (χ1n) is 5.33. The van der Waals surface area contributed by atoms with Crippen molar-refractivity contribution in [3.8, 4) is 11.4 Å². The minimum Gasteiger partial charge on any atom is -0.497 e. The third kappa shape index (κ3) is 2.76. The molecule has 0 aliphatic rings. The molecule has 2 aromatic rings. The molecular weight excluding hydrogens is 232 g/mol. The van der Waals surface area contributed by atoms with Gasteiger partial charge in [-0.25, -0.2) is 0 Å². The fourth-order valence-electron chi connectivity index (χ4n) is 1.57. The second-order valence-electron chi connectivity index (χ2n) is 3.65. The SMILES string of the molecule is COc1ccc(-n2ccc(/C=C/[N+](=O)[O-])c2)cc1. The molecule has 0 N–H and O–H groups in total. The number of rotatable bonds is 4. The Labute approximate surface area is 104 Å². The largest absolute Gasteiger partial charge is 0.497 e. The molecule has 0 atom stereocenters. The zero-order chi connectivity index (χ0) is 13.0. The Balaban J connectivity index is 2.20. The summed E-state index contributed by atoms with van der Waals surface area (Å²) in [7, 11) is 1.62. The van der Waals surface area contributed by atoms with Crippen LogP contribution in [0.5, 0.6) is 5.75 Å². The van der Waals surface area contributed by atoms with Gasteiger partial charge in [0.25, 0.3) is 0 Å². The van der Waals surface area contributed by atoms with Gasteiger partial charge in [-0.05, 0) is 35.9 Å². The van der Waals surface area contributed by atoms with Crippen molar-refractivity contribution in [3.63, 3.8) is 0 Å². The quantitative estimate of drug-likeness (QED) is 0.613. The van der Waals surface area contributed by atoms with Crippen molar-refractivity contribution in [1.82, 2.24) is 4.57 Å². The highest BCUT2D eigenvalue weighted by Crippen LogP contribution is 2.16. The van der Waals surface area contributed by atoms with Crippen LogP contribution in [0.25, 0.3) is 11.8 Å². The van der Waals surface area contributed by atoms with Gasteiger partial charge in [-0.1, -0.05) is 0 Å². The topological polar surface area (TPSA) is 57.3 Å². The van der Waals surface area contributed by atoms with Crippen LogP contribution in [0.15, 0.2) is 48.9 Å². The second kappa shape index (κ2) is 5.18. The number of methoxy groups -OCH3 is 1. The summed E-state index contributed by atoms with van der Waals surface area (Å²) in [6.07, 6.45) is 6.05. The Morgan fingerprint density at radius 1 is 1.28 bits per heavy atom. The van der Waals surface area contributed by atoms with Gasteiger partial charge in [-0.2, -0.15) is 0 Å². The smallest absolute Gasteiger partial charge is 0.235 e. The van der Waals surface area contributed by atoms with E-state index in [9.17, 15) is 10.1 Å². The second-order valence-corrected chi connectivity index (χ2v) is 3.65. The Kier molecular flexibility index (Phi) is 3.43. The van der Waals surface area contributed by atoms with Crippen LogP contribution in [-0.2, 0) is 0 Å². The molecule has 2 rings (SSSR count). The van der Waals surface area contributed by atoms with Crippen LogP contribution in [-0.4, -0.2) is 16.6 Å². The van der Waals surface area contributed by atoms with E-state index in [-0.39, 0.29) is 0 Å². The number of benzene rings is 1. The fourth-order valence-corrected chi connectivity index (χ4v) is 1.57. The van der Waals surface area contributed by atoms with Gasteiger partial charge < -0.3 is 9.30 Å². The first-order valence-corrected chi connectivity index (χ1v) is 5.33. The van der Waals surface area contributed by atoms with Gasteiger partial charge in [0.1, 0.15) is 5.75 Å². The monoisotopic (exact) mass is 244 g/mol. The lowest BCUT2D eigenvalue weighted by molar-refractivity contribution is -0.400. The molecule has 1 heterocycles. The average Bonchev–Trinajstić information content (AvgIpc) is 2.85. The highest BCUT2D eigenvalue weighted by atomic mass is 16.6. The van der Waals surface area contributed by atoms with Crippen LogP contribution in [0, 0.1) is 10.1 Å². The summed E-state index contributed by atoms with van der Waals surface area (Å²) >= 11 is 0. The van der Waals surface area contributed by atoms with Gasteiger partial charge in [0, 0.05) is 24.2 Å². The van der Waals surface area contributed by atoms with Gasteiger partial charge >= 0.3 is 0 Å². The Hall–Kier alpha value is -2.56. The van der Waals surface area contributed by atoms with Gasteiger partial charge in [0.2, 0.25) is 6.20 Å². The molecule has 0 amide bonds. The van der Waals surface area contributed by atoms with E-state index in [4.69, 9.17) is 4.74 Å². The average molecular weight is 244 g/mol. The summed E-state index contributed by atoms with van der Waals surface area (Å²) < 4.78 is 6.97. The van der Waals surface area contributed by atoms with Crippen molar-refractivity contribution in [3.05, 3.63) is 64.6 Å². The molecule has 18 heavy (non-hydrogen) atoms. The highest BCUT2D eigenvalue weighted by Gasteiger charge is 1.99. The molecule has 5 heteroatoms. The van der Waals surface area contributed by atoms with Crippen LogP contribution < -0.4 is 4.74 Å². The minimum atomic E-state index is -0.481. The van der Waals surface area contributed by atoms with Crippen LogP contribution in [0.4, 0.5) is 0 Å². The molecular formula is C13H12N2O3. The van der Waals surface area contributed by atoms with Crippen molar-refractivity contribution in [2.45, 2.75) is 0 Å². The summed E-state index contributed by atoms with van der Waals surface area (Å²) in [6.45, 7) is 0. The normalized spacial score (nSPS) is 10.7. The number of nitro groups is 1. The molecule has 0 saturated heterocycles. The Bertz CT molecular complexity index is 570. The fraction of sp³-hybridized carbons (Fsp3) is 0.0769. The molecule has 0 radical (unpaired) electrons. The number of ether oxygens (including phenoxy) is 1. The molecule has 0 aliphatic heterocycles. The van der Waals surface area contributed by atoms with Crippen LogP contribution >= 0.6 is 0 Å². The molecule has 0 spiro atoms. The number of aromatic nitrogens is 1. The lowest BCUT2D eigenvalue weighted by atomic mass is 10.3. The molecule has 0 saturated carbocycles. The molecule has 0 fully saturated rings. The Morgan fingerprint density at radius 2 is 2.00 bits per heavy atom. The van der Waals surface area contributed by atoms with Crippen molar-refractivity contribution < 1.29 is 9.66 Å². The van der Waals surface area contributed by atoms with E-state index >= 15 is 0 Å². The van der Waals surface area contributed by atoms with Gasteiger partial charge in [0.05, 0.1) is 12.0 Å². The first-order chi connectivity index (χ1) is 8.69. The first kappa shape index (κ1) is 11.9. The highest BCUT2D eigenvalue weighted by molar-refractivity contribution is 5.49. The molecule has 0 unspecified atom stereocenters. The standard InChI is InChI=1S/C13H12N2O3/c1-18-13-4-2-12(3-5-13)14-8-6-11(10-14)7-9-15(16)17/h2-10H,1H3/b9-7+. The van der Waals surface area contributed by atoms with Gasteiger partial charge in [0.15, 0.2) is 0 Å². The van der Waals surface area contributed by atoms with Crippen LogP contribution in [0.2, 0.25) is 0 Å². The Morgan fingerprint density at radius 3 is 2.61 bits per heavy atom. The molecule has 1 aromatic carbocycles. The van der Waals surface area contributed by atoms with Crippen molar-refractivity contribution in [2.24, 2.45) is 0 Å².